The van der Waals surface area contributed by atoms with Crippen molar-refractivity contribution >= 4 is 46.2 Å². The maximum Gasteiger partial charge on any atom is 0.266 e. The maximum absolute atomic E-state index is 12.4. The second kappa shape index (κ2) is 6.86. The van der Waals surface area contributed by atoms with E-state index in [4.69, 9.17) is 16.6 Å². The Balaban J connectivity index is 1.65. The minimum atomic E-state index is -0.237. The van der Waals surface area contributed by atoms with E-state index in [0.717, 1.165) is 13.1 Å². The van der Waals surface area contributed by atoms with E-state index in [2.05, 4.69) is 4.90 Å². The number of furan rings is 1. The molecule has 2 fully saturated rings. The van der Waals surface area contributed by atoms with Crippen molar-refractivity contribution in [1.82, 2.24) is 14.7 Å². The van der Waals surface area contributed by atoms with E-state index in [0.29, 0.717) is 28.1 Å². The number of thioether (sulfide) groups is 1. The van der Waals surface area contributed by atoms with E-state index in [1.165, 1.54) is 16.7 Å². The number of carbonyl (C=O) groups excluding carboxylic acids is 2. The molecule has 0 radical (unpaired) electrons. The molecule has 0 aromatic carbocycles. The van der Waals surface area contributed by atoms with Gasteiger partial charge >= 0.3 is 0 Å². The number of carbonyl (C=O) groups is 2. The zero-order valence-corrected chi connectivity index (χ0v) is 14.4. The van der Waals surface area contributed by atoms with E-state index in [9.17, 15) is 9.59 Å². The van der Waals surface area contributed by atoms with Gasteiger partial charge in [0.1, 0.15) is 16.6 Å². The third-order valence-electron chi connectivity index (χ3n) is 3.84. The van der Waals surface area contributed by atoms with Gasteiger partial charge in [0.25, 0.3) is 5.91 Å². The Kier molecular flexibility index (Phi) is 4.84. The predicted octanol–water partition coefficient (Wildman–Crippen LogP) is 1.25. The van der Waals surface area contributed by atoms with Crippen LogP contribution in [-0.2, 0) is 9.59 Å². The standard InChI is InChI=1S/C15H17N3O3S2/c1-16-4-6-17(7-5-16)13(19)10-18-14(20)12(23-15(18)22)9-11-3-2-8-21-11/h2-3,8-9H,4-7,10H2,1H3/b12-9-. The van der Waals surface area contributed by atoms with Crippen LogP contribution in [0.1, 0.15) is 5.76 Å². The Labute approximate surface area is 144 Å². The number of hydrogen-bond acceptors (Lipinski definition) is 6. The Morgan fingerprint density at radius 3 is 2.78 bits per heavy atom. The minimum Gasteiger partial charge on any atom is -0.465 e. The summed E-state index contributed by atoms with van der Waals surface area (Å²) in [6.45, 7) is 3.08. The molecule has 0 bridgehead atoms. The fraction of sp³-hybridized carbons (Fsp3) is 0.400. The Bertz CT molecular complexity index is 649. The van der Waals surface area contributed by atoms with Crippen LogP contribution in [0.5, 0.6) is 0 Å². The summed E-state index contributed by atoms with van der Waals surface area (Å²) >= 11 is 6.45. The molecule has 0 spiro atoms. The number of piperazine rings is 1. The van der Waals surface area contributed by atoms with Gasteiger partial charge < -0.3 is 14.2 Å². The molecular weight excluding hydrogens is 334 g/mol. The highest BCUT2D eigenvalue weighted by Gasteiger charge is 2.34. The molecule has 2 amide bonds. The highest BCUT2D eigenvalue weighted by atomic mass is 32.2. The Hall–Kier alpha value is -1.64. The summed E-state index contributed by atoms with van der Waals surface area (Å²) in [7, 11) is 2.03. The largest absolute Gasteiger partial charge is 0.465 e. The molecule has 0 atom stereocenters. The molecule has 0 unspecified atom stereocenters. The minimum absolute atomic E-state index is 0.00384. The summed E-state index contributed by atoms with van der Waals surface area (Å²) in [4.78, 5) is 30.6. The van der Waals surface area contributed by atoms with Crippen LogP contribution in [0.15, 0.2) is 27.7 Å². The lowest BCUT2D eigenvalue weighted by molar-refractivity contribution is -0.136. The van der Waals surface area contributed by atoms with E-state index >= 15 is 0 Å². The molecule has 2 saturated heterocycles. The first kappa shape index (κ1) is 16.2. The predicted molar refractivity (Wildman–Crippen MR) is 92.7 cm³/mol. The van der Waals surface area contributed by atoms with Gasteiger partial charge in [-0.3, -0.25) is 14.5 Å². The van der Waals surface area contributed by atoms with Crippen molar-refractivity contribution in [2.24, 2.45) is 0 Å². The summed E-state index contributed by atoms with van der Waals surface area (Å²) in [6.07, 6.45) is 3.20. The van der Waals surface area contributed by atoms with E-state index in [1.54, 1.807) is 29.4 Å². The van der Waals surface area contributed by atoms with Crippen LogP contribution in [0.4, 0.5) is 0 Å². The van der Waals surface area contributed by atoms with Crippen molar-refractivity contribution < 1.29 is 14.0 Å². The van der Waals surface area contributed by atoms with Crippen LogP contribution in [0.25, 0.3) is 6.08 Å². The molecule has 2 aliphatic rings. The first-order chi connectivity index (χ1) is 11.0. The van der Waals surface area contributed by atoms with Gasteiger partial charge in [-0.25, -0.2) is 0 Å². The Morgan fingerprint density at radius 1 is 1.39 bits per heavy atom. The first-order valence-electron chi connectivity index (χ1n) is 7.30. The van der Waals surface area contributed by atoms with Gasteiger partial charge in [0.05, 0.1) is 11.2 Å². The number of thiocarbonyl (C=S) groups is 1. The number of hydrogen-bond donors (Lipinski definition) is 0. The number of likely N-dealkylation sites (N-methyl/N-ethyl adjacent to an activating group) is 1. The van der Waals surface area contributed by atoms with E-state index in [-0.39, 0.29) is 18.4 Å². The highest BCUT2D eigenvalue weighted by Crippen LogP contribution is 2.32. The molecule has 0 aliphatic carbocycles. The second-order valence-electron chi connectivity index (χ2n) is 5.47. The SMILES string of the molecule is CN1CCN(C(=O)CN2C(=O)/C(=C/c3ccco3)SC2=S)CC1. The number of nitrogens with zero attached hydrogens (tertiary/aromatic N) is 3. The molecule has 8 heteroatoms. The van der Waals surface area contributed by atoms with Crippen LogP contribution >= 0.6 is 24.0 Å². The second-order valence-corrected chi connectivity index (χ2v) is 7.14. The molecule has 2 aliphatic heterocycles. The van der Waals surface area contributed by atoms with Gasteiger partial charge in [0.2, 0.25) is 5.91 Å². The molecule has 0 saturated carbocycles. The fourth-order valence-electron chi connectivity index (χ4n) is 2.43. The van der Waals surface area contributed by atoms with Crippen LogP contribution in [0.2, 0.25) is 0 Å². The van der Waals surface area contributed by atoms with Crippen LogP contribution < -0.4 is 0 Å². The average Bonchev–Trinajstić information content (AvgIpc) is 3.12. The van der Waals surface area contributed by atoms with Crippen LogP contribution in [-0.4, -0.2) is 70.6 Å². The summed E-state index contributed by atoms with van der Waals surface area (Å²) in [6, 6.07) is 3.52. The summed E-state index contributed by atoms with van der Waals surface area (Å²) in [5.74, 6) is 0.295. The van der Waals surface area contributed by atoms with Crippen molar-refractivity contribution in [3.05, 3.63) is 29.1 Å². The summed E-state index contributed by atoms with van der Waals surface area (Å²) in [5.41, 5.74) is 0. The van der Waals surface area contributed by atoms with Crippen molar-refractivity contribution in [3.8, 4) is 0 Å². The smallest absolute Gasteiger partial charge is 0.266 e. The lowest BCUT2D eigenvalue weighted by atomic mass is 10.3. The molecule has 6 nitrogen and oxygen atoms in total. The van der Waals surface area contributed by atoms with Gasteiger partial charge in [-0.15, -0.1) is 0 Å². The number of rotatable bonds is 3. The zero-order valence-electron chi connectivity index (χ0n) is 12.7. The van der Waals surface area contributed by atoms with Crippen molar-refractivity contribution in [1.29, 1.82) is 0 Å². The van der Waals surface area contributed by atoms with Crippen LogP contribution in [0, 0.1) is 0 Å². The maximum atomic E-state index is 12.4. The molecule has 1 aromatic heterocycles. The molecule has 122 valence electrons. The topological polar surface area (TPSA) is 57.0 Å². The fourth-order valence-corrected chi connectivity index (χ4v) is 3.67. The highest BCUT2D eigenvalue weighted by molar-refractivity contribution is 8.26. The van der Waals surface area contributed by atoms with E-state index < -0.39 is 0 Å². The van der Waals surface area contributed by atoms with Gasteiger partial charge in [-0.1, -0.05) is 24.0 Å². The zero-order chi connectivity index (χ0) is 16.4. The Morgan fingerprint density at radius 2 is 2.13 bits per heavy atom. The normalized spacial score (nSPS) is 21.5. The molecule has 23 heavy (non-hydrogen) atoms. The lowest BCUT2D eigenvalue weighted by Gasteiger charge is -2.33. The van der Waals surface area contributed by atoms with Gasteiger partial charge in [0, 0.05) is 32.3 Å². The summed E-state index contributed by atoms with van der Waals surface area (Å²) in [5, 5.41) is 0. The average molecular weight is 351 g/mol. The first-order valence-corrected chi connectivity index (χ1v) is 8.52. The summed E-state index contributed by atoms with van der Waals surface area (Å²) < 4.78 is 5.63. The molecule has 3 heterocycles. The third-order valence-corrected chi connectivity index (χ3v) is 5.22. The van der Waals surface area contributed by atoms with Gasteiger partial charge in [-0.05, 0) is 19.2 Å². The molecule has 1 aromatic rings. The van der Waals surface area contributed by atoms with Gasteiger partial charge in [-0.2, -0.15) is 0 Å². The number of amides is 2. The monoisotopic (exact) mass is 351 g/mol. The molecular formula is C15H17N3O3S2. The molecule has 3 rings (SSSR count). The molecule has 0 N–H and O–H groups in total. The third kappa shape index (κ3) is 3.65. The van der Waals surface area contributed by atoms with Crippen molar-refractivity contribution in [2.75, 3.05) is 39.8 Å². The van der Waals surface area contributed by atoms with Crippen molar-refractivity contribution in [3.63, 3.8) is 0 Å². The lowest BCUT2D eigenvalue weighted by Crippen LogP contribution is -2.50. The van der Waals surface area contributed by atoms with Crippen molar-refractivity contribution in [2.45, 2.75) is 0 Å². The van der Waals surface area contributed by atoms with Gasteiger partial charge in [0.15, 0.2) is 0 Å². The van der Waals surface area contributed by atoms with Crippen LogP contribution in [0.3, 0.4) is 0 Å². The van der Waals surface area contributed by atoms with E-state index in [1.807, 2.05) is 7.05 Å². The quantitative estimate of drug-likeness (QED) is 0.604.